The molecule has 1 aliphatic carbocycles. The standard InChI is InChI=1S/C27H24ClN3O4/c1-25(33)22(24(32)31(2)3)21(17-7-5-4-6-8-17)26(18-11-9-16(14-29)10-12-18)27(25,34)23-20(35-26)13-19(28)15-30-23/h4-13,15,21-22,33-34H,1-3H3/t21-,22+,25-,26+,27?/m1/s1. The minimum atomic E-state index is -2.13. The highest BCUT2D eigenvalue weighted by Gasteiger charge is 2.82. The second-order valence-corrected chi connectivity index (χ2v) is 9.92. The van der Waals surface area contributed by atoms with Crippen molar-refractivity contribution in [3.05, 3.63) is 94.3 Å². The van der Waals surface area contributed by atoms with E-state index in [-0.39, 0.29) is 17.4 Å². The Balaban J connectivity index is 1.91. The first-order chi connectivity index (χ1) is 16.6. The first-order valence-electron chi connectivity index (χ1n) is 11.2. The number of aromatic nitrogens is 1. The third kappa shape index (κ3) is 2.91. The quantitative estimate of drug-likeness (QED) is 0.584. The minimum absolute atomic E-state index is 0.103. The molecule has 1 aromatic heterocycles. The van der Waals surface area contributed by atoms with E-state index in [1.165, 1.54) is 18.0 Å². The summed E-state index contributed by atoms with van der Waals surface area (Å²) in [5.74, 6) is -2.05. The van der Waals surface area contributed by atoms with Crippen molar-refractivity contribution in [1.29, 1.82) is 5.26 Å². The third-order valence-corrected chi connectivity index (χ3v) is 7.59. The molecule has 1 unspecified atom stereocenters. The van der Waals surface area contributed by atoms with Crippen LogP contribution in [-0.2, 0) is 16.0 Å². The molecule has 3 aromatic rings. The van der Waals surface area contributed by atoms with Crippen molar-refractivity contribution in [2.45, 2.75) is 29.6 Å². The summed E-state index contributed by atoms with van der Waals surface area (Å²) in [6, 6.07) is 19.5. The number of pyridine rings is 1. The largest absolute Gasteiger partial charge is 0.476 e. The van der Waals surface area contributed by atoms with E-state index in [4.69, 9.17) is 16.3 Å². The fourth-order valence-electron chi connectivity index (χ4n) is 5.87. The van der Waals surface area contributed by atoms with E-state index in [9.17, 15) is 20.3 Å². The molecule has 178 valence electrons. The number of nitriles is 1. The molecule has 7 nitrogen and oxygen atoms in total. The van der Waals surface area contributed by atoms with Crippen LogP contribution in [0.15, 0.2) is 66.9 Å². The minimum Gasteiger partial charge on any atom is -0.476 e. The van der Waals surface area contributed by atoms with E-state index in [1.54, 1.807) is 44.4 Å². The number of halogens is 1. The fourth-order valence-corrected chi connectivity index (χ4v) is 6.02. The summed E-state index contributed by atoms with van der Waals surface area (Å²) in [5.41, 5.74) is -4.07. The van der Waals surface area contributed by atoms with Gasteiger partial charge in [-0.15, -0.1) is 0 Å². The Labute approximate surface area is 208 Å². The Bertz CT molecular complexity index is 1350. The van der Waals surface area contributed by atoms with Crippen molar-refractivity contribution >= 4 is 17.5 Å². The number of aliphatic hydroxyl groups is 2. The van der Waals surface area contributed by atoms with Crippen LogP contribution in [0.2, 0.25) is 5.02 Å². The van der Waals surface area contributed by atoms with Gasteiger partial charge >= 0.3 is 0 Å². The van der Waals surface area contributed by atoms with E-state index < -0.39 is 28.6 Å². The number of hydrogen-bond donors (Lipinski definition) is 2. The van der Waals surface area contributed by atoms with Gasteiger partial charge in [-0.3, -0.25) is 9.78 Å². The van der Waals surface area contributed by atoms with E-state index in [0.717, 1.165) is 0 Å². The highest BCUT2D eigenvalue weighted by atomic mass is 35.5. The van der Waals surface area contributed by atoms with Gasteiger partial charge in [0, 0.05) is 32.3 Å². The lowest BCUT2D eigenvalue weighted by molar-refractivity contribution is -0.199. The van der Waals surface area contributed by atoms with Gasteiger partial charge in [0.1, 0.15) is 17.0 Å². The molecule has 1 fully saturated rings. The lowest BCUT2D eigenvalue weighted by Gasteiger charge is -2.42. The van der Waals surface area contributed by atoms with Gasteiger partial charge in [0.25, 0.3) is 0 Å². The van der Waals surface area contributed by atoms with Crippen LogP contribution in [0.1, 0.15) is 35.2 Å². The molecule has 2 aliphatic rings. The van der Waals surface area contributed by atoms with Crippen molar-refractivity contribution in [2.24, 2.45) is 5.92 Å². The molecule has 2 N–H and O–H groups in total. The predicted molar refractivity (Wildman–Crippen MR) is 129 cm³/mol. The van der Waals surface area contributed by atoms with Gasteiger partial charge in [0.05, 0.1) is 22.6 Å². The van der Waals surface area contributed by atoms with Crippen LogP contribution in [0.25, 0.3) is 0 Å². The Morgan fingerprint density at radius 3 is 2.40 bits per heavy atom. The van der Waals surface area contributed by atoms with E-state index in [0.29, 0.717) is 21.7 Å². The van der Waals surface area contributed by atoms with Gasteiger partial charge in [-0.2, -0.15) is 5.26 Å². The van der Waals surface area contributed by atoms with Crippen molar-refractivity contribution < 1.29 is 19.7 Å². The number of rotatable bonds is 3. The first-order valence-corrected chi connectivity index (χ1v) is 11.5. The molecule has 35 heavy (non-hydrogen) atoms. The van der Waals surface area contributed by atoms with Gasteiger partial charge in [0.2, 0.25) is 5.91 Å². The number of benzene rings is 2. The molecule has 0 spiro atoms. The van der Waals surface area contributed by atoms with Crippen LogP contribution in [0.5, 0.6) is 5.75 Å². The van der Waals surface area contributed by atoms with Gasteiger partial charge in [0.15, 0.2) is 11.2 Å². The molecule has 1 aliphatic heterocycles. The maximum absolute atomic E-state index is 13.7. The summed E-state index contributed by atoms with van der Waals surface area (Å²) in [7, 11) is 3.22. The second kappa shape index (κ2) is 7.79. The monoisotopic (exact) mass is 489 g/mol. The smallest absolute Gasteiger partial charge is 0.228 e. The maximum Gasteiger partial charge on any atom is 0.228 e. The Morgan fingerprint density at radius 1 is 1.14 bits per heavy atom. The maximum atomic E-state index is 13.7. The van der Waals surface area contributed by atoms with Crippen LogP contribution in [-0.4, -0.2) is 45.7 Å². The molecular formula is C27H24ClN3O4. The molecular weight excluding hydrogens is 466 g/mol. The summed E-state index contributed by atoms with van der Waals surface area (Å²) in [6.07, 6.45) is 1.38. The molecule has 5 atom stereocenters. The van der Waals surface area contributed by atoms with Crippen LogP contribution in [0.4, 0.5) is 0 Å². The van der Waals surface area contributed by atoms with Crippen LogP contribution >= 0.6 is 11.6 Å². The topological polar surface area (TPSA) is 107 Å². The number of hydrogen-bond acceptors (Lipinski definition) is 6. The van der Waals surface area contributed by atoms with E-state index in [2.05, 4.69) is 11.1 Å². The van der Waals surface area contributed by atoms with Gasteiger partial charge < -0.3 is 19.8 Å². The molecule has 1 amide bonds. The first kappa shape index (κ1) is 23.3. The molecule has 1 saturated carbocycles. The van der Waals surface area contributed by atoms with Crippen LogP contribution in [0.3, 0.4) is 0 Å². The van der Waals surface area contributed by atoms with Crippen LogP contribution in [0, 0.1) is 17.2 Å². The molecule has 2 heterocycles. The summed E-state index contributed by atoms with van der Waals surface area (Å²) >= 11 is 6.22. The zero-order valence-electron chi connectivity index (χ0n) is 19.4. The average Bonchev–Trinajstić information content (AvgIpc) is 3.19. The summed E-state index contributed by atoms with van der Waals surface area (Å²) in [4.78, 5) is 19.5. The van der Waals surface area contributed by atoms with Gasteiger partial charge in [-0.25, -0.2) is 0 Å². The Morgan fingerprint density at radius 2 is 1.80 bits per heavy atom. The lowest BCUT2D eigenvalue weighted by Crippen LogP contribution is -2.58. The average molecular weight is 490 g/mol. The highest BCUT2D eigenvalue weighted by Crippen LogP contribution is 2.71. The molecule has 0 bridgehead atoms. The number of amides is 1. The van der Waals surface area contributed by atoms with Gasteiger partial charge in [-0.05, 0) is 30.2 Å². The molecule has 8 heteroatoms. The number of nitrogens with zero attached hydrogens (tertiary/aromatic N) is 3. The molecule has 0 radical (unpaired) electrons. The van der Waals surface area contributed by atoms with E-state index >= 15 is 0 Å². The van der Waals surface area contributed by atoms with Crippen molar-refractivity contribution in [3.63, 3.8) is 0 Å². The summed E-state index contributed by atoms with van der Waals surface area (Å²) < 4.78 is 6.61. The number of carbonyl (C=O) groups excluding carboxylic acids is 1. The Kier molecular flexibility index (Phi) is 5.19. The molecule has 2 aromatic carbocycles. The predicted octanol–water partition coefficient (Wildman–Crippen LogP) is 3.33. The molecule has 0 saturated heterocycles. The summed E-state index contributed by atoms with van der Waals surface area (Å²) in [5, 5.41) is 34.5. The third-order valence-electron chi connectivity index (χ3n) is 7.39. The zero-order valence-corrected chi connectivity index (χ0v) is 20.2. The number of carbonyl (C=O) groups is 1. The highest BCUT2D eigenvalue weighted by molar-refractivity contribution is 6.30. The SMILES string of the molecule is CN(C)C(=O)[C@@H]1[C@@H](c2ccccc2)[C@]2(c3ccc(C#N)cc3)Oc3cc(Cl)cnc3C2(O)[C@]1(C)O. The fraction of sp³-hybridized carbons (Fsp3) is 0.296. The van der Waals surface area contributed by atoms with E-state index in [1.807, 2.05) is 30.3 Å². The van der Waals surface area contributed by atoms with Crippen molar-refractivity contribution in [3.8, 4) is 11.8 Å². The number of ether oxygens (including phenoxy) is 1. The van der Waals surface area contributed by atoms with Crippen molar-refractivity contribution in [1.82, 2.24) is 9.88 Å². The summed E-state index contributed by atoms with van der Waals surface area (Å²) in [6.45, 7) is 1.45. The normalized spacial score (nSPS) is 30.7. The Hall–Kier alpha value is -3.44. The second-order valence-electron chi connectivity index (χ2n) is 9.48. The lowest BCUT2D eigenvalue weighted by atomic mass is 9.70. The number of fused-ring (bicyclic) bond motifs is 3. The zero-order chi connectivity index (χ0) is 25.2. The van der Waals surface area contributed by atoms with Crippen LogP contribution < -0.4 is 4.74 Å². The van der Waals surface area contributed by atoms with Crippen molar-refractivity contribution in [2.75, 3.05) is 14.1 Å². The van der Waals surface area contributed by atoms with Gasteiger partial charge in [-0.1, -0.05) is 54.1 Å². The molecule has 5 rings (SSSR count).